The molecule has 0 radical (unpaired) electrons. The van der Waals surface area contributed by atoms with Gasteiger partial charge < -0.3 is 10.6 Å². The second kappa shape index (κ2) is 8.70. The van der Waals surface area contributed by atoms with Crippen LogP contribution in [0.3, 0.4) is 0 Å². The summed E-state index contributed by atoms with van der Waals surface area (Å²) >= 11 is 0. The van der Waals surface area contributed by atoms with Crippen LogP contribution in [-0.2, 0) is 9.59 Å². The highest BCUT2D eigenvalue weighted by molar-refractivity contribution is 5.93. The number of hydrogen-bond donors (Lipinski definition) is 2. The fourth-order valence-corrected chi connectivity index (χ4v) is 4.37. The molecule has 2 N–H and O–H groups in total. The number of amides is 2. The van der Waals surface area contributed by atoms with E-state index < -0.39 is 0 Å². The lowest BCUT2D eigenvalue weighted by atomic mass is 9.80. The number of hydrogen-bond acceptors (Lipinski definition) is 2. The van der Waals surface area contributed by atoms with E-state index in [9.17, 15) is 9.59 Å². The lowest BCUT2D eigenvalue weighted by Crippen LogP contribution is -2.41. The van der Waals surface area contributed by atoms with Gasteiger partial charge in [0.2, 0.25) is 11.8 Å². The van der Waals surface area contributed by atoms with E-state index in [1.165, 1.54) is 24.8 Å². The summed E-state index contributed by atoms with van der Waals surface area (Å²) in [5.41, 5.74) is 3.20. The van der Waals surface area contributed by atoms with Crippen molar-refractivity contribution in [1.82, 2.24) is 5.32 Å². The molecule has 2 aliphatic carbocycles. The Morgan fingerprint density at radius 3 is 2.08 bits per heavy atom. The number of benzene rings is 1. The highest BCUT2D eigenvalue weighted by atomic mass is 16.2. The van der Waals surface area contributed by atoms with Crippen LogP contribution < -0.4 is 10.6 Å². The third-order valence-corrected chi connectivity index (χ3v) is 6.06. The summed E-state index contributed by atoms with van der Waals surface area (Å²) in [6, 6.07) is 6.46. The van der Waals surface area contributed by atoms with Gasteiger partial charge in [-0.3, -0.25) is 9.59 Å². The molecule has 2 fully saturated rings. The van der Waals surface area contributed by atoms with Gasteiger partial charge in [-0.1, -0.05) is 37.0 Å². The van der Waals surface area contributed by atoms with Crippen molar-refractivity contribution >= 4 is 17.5 Å². The zero-order valence-electron chi connectivity index (χ0n) is 16.1. The van der Waals surface area contributed by atoms with E-state index in [1.807, 2.05) is 19.1 Å². The molecule has 0 unspecified atom stereocenters. The van der Waals surface area contributed by atoms with E-state index >= 15 is 0 Å². The van der Waals surface area contributed by atoms with Gasteiger partial charge in [-0.15, -0.1) is 0 Å². The van der Waals surface area contributed by atoms with Crippen LogP contribution in [0.25, 0.3) is 0 Å². The van der Waals surface area contributed by atoms with Crippen LogP contribution >= 0.6 is 0 Å². The van der Waals surface area contributed by atoms with Crippen molar-refractivity contribution in [3.8, 4) is 0 Å². The van der Waals surface area contributed by atoms with E-state index in [2.05, 4.69) is 23.6 Å². The molecule has 2 saturated carbocycles. The standard InChI is InChI=1S/C22H32N2O2/c1-15-8-13-20(16(2)14-15)24-22(26)18-11-9-17(10-12-18)21(25)23-19-6-4-3-5-7-19/h8,13-14,17-19H,3-7,9-12H2,1-2H3,(H,23,25)(H,24,26). The highest BCUT2D eigenvalue weighted by Crippen LogP contribution is 2.31. The van der Waals surface area contributed by atoms with Crippen LogP contribution in [0.15, 0.2) is 18.2 Å². The minimum absolute atomic E-state index is 0.0226. The maximum absolute atomic E-state index is 12.6. The second-order valence-electron chi connectivity index (χ2n) is 8.20. The number of aryl methyl sites for hydroxylation is 2. The Bertz CT molecular complexity index is 642. The van der Waals surface area contributed by atoms with E-state index in [1.54, 1.807) is 0 Å². The Kier molecular flexibility index (Phi) is 6.33. The van der Waals surface area contributed by atoms with Gasteiger partial charge in [-0.05, 0) is 64.0 Å². The average Bonchev–Trinajstić information content (AvgIpc) is 2.65. The molecular formula is C22H32N2O2. The molecule has 0 spiro atoms. The molecule has 0 aromatic heterocycles. The topological polar surface area (TPSA) is 58.2 Å². The van der Waals surface area contributed by atoms with Gasteiger partial charge >= 0.3 is 0 Å². The van der Waals surface area contributed by atoms with Crippen LogP contribution in [0, 0.1) is 25.7 Å². The molecule has 1 aromatic carbocycles. The summed E-state index contributed by atoms with van der Waals surface area (Å²) in [5, 5.41) is 6.32. The van der Waals surface area contributed by atoms with Crippen molar-refractivity contribution in [2.75, 3.05) is 5.32 Å². The maximum atomic E-state index is 12.6. The van der Waals surface area contributed by atoms with E-state index in [4.69, 9.17) is 0 Å². The first-order valence-electron chi connectivity index (χ1n) is 10.2. The predicted octanol–water partition coefficient (Wildman–Crippen LogP) is 4.50. The maximum Gasteiger partial charge on any atom is 0.227 e. The van der Waals surface area contributed by atoms with Crippen LogP contribution in [-0.4, -0.2) is 17.9 Å². The zero-order chi connectivity index (χ0) is 18.5. The molecule has 142 valence electrons. The van der Waals surface area contributed by atoms with Crippen molar-refractivity contribution in [2.45, 2.75) is 77.7 Å². The molecule has 3 rings (SSSR count). The van der Waals surface area contributed by atoms with Crippen molar-refractivity contribution in [3.05, 3.63) is 29.3 Å². The third kappa shape index (κ3) is 4.87. The Labute approximate surface area is 157 Å². The SMILES string of the molecule is Cc1ccc(NC(=O)C2CCC(C(=O)NC3CCCCC3)CC2)c(C)c1. The Balaban J connectivity index is 1.46. The fourth-order valence-electron chi connectivity index (χ4n) is 4.37. The first-order chi connectivity index (χ1) is 12.5. The van der Waals surface area contributed by atoms with Crippen molar-refractivity contribution in [3.63, 3.8) is 0 Å². The molecule has 0 aliphatic heterocycles. The molecule has 1 aromatic rings. The quantitative estimate of drug-likeness (QED) is 0.834. The Morgan fingerprint density at radius 1 is 0.846 bits per heavy atom. The van der Waals surface area contributed by atoms with Gasteiger partial charge in [0.15, 0.2) is 0 Å². The number of nitrogens with one attached hydrogen (secondary N) is 2. The largest absolute Gasteiger partial charge is 0.353 e. The molecule has 0 heterocycles. The first-order valence-corrected chi connectivity index (χ1v) is 10.2. The lowest BCUT2D eigenvalue weighted by Gasteiger charge is -2.30. The fraction of sp³-hybridized carbons (Fsp3) is 0.636. The molecule has 4 heteroatoms. The highest BCUT2D eigenvalue weighted by Gasteiger charge is 2.31. The van der Waals surface area contributed by atoms with Crippen LogP contribution in [0.4, 0.5) is 5.69 Å². The van der Waals surface area contributed by atoms with Gasteiger partial charge in [0, 0.05) is 23.6 Å². The van der Waals surface area contributed by atoms with Crippen LogP contribution in [0.5, 0.6) is 0 Å². The predicted molar refractivity (Wildman–Crippen MR) is 105 cm³/mol. The summed E-state index contributed by atoms with van der Waals surface area (Å²) in [4.78, 5) is 25.1. The molecule has 0 saturated heterocycles. The second-order valence-corrected chi connectivity index (χ2v) is 8.20. The Hall–Kier alpha value is -1.84. The van der Waals surface area contributed by atoms with Crippen LogP contribution in [0.2, 0.25) is 0 Å². The average molecular weight is 357 g/mol. The van der Waals surface area contributed by atoms with Gasteiger partial charge in [-0.25, -0.2) is 0 Å². The molecule has 2 aliphatic rings. The van der Waals surface area contributed by atoms with Crippen molar-refractivity contribution in [2.24, 2.45) is 11.8 Å². The molecule has 26 heavy (non-hydrogen) atoms. The molecular weight excluding hydrogens is 324 g/mol. The minimum Gasteiger partial charge on any atom is -0.353 e. The van der Waals surface area contributed by atoms with E-state index in [-0.39, 0.29) is 23.7 Å². The van der Waals surface area contributed by atoms with E-state index in [0.717, 1.165) is 49.8 Å². The Morgan fingerprint density at radius 2 is 1.46 bits per heavy atom. The van der Waals surface area contributed by atoms with Crippen molar-refractivity contribution in [1.29, 1.82) is 0 Å². The summed E-state index contributed by atoms with van der Waals surface area (Å²) < 4.78 is 0. The number of carbonyl (C=O) groups excluding carboxylic acids is 2. The molecule has 0 bridgehead atoms. The van der Waals surface area contributed by atoms with E-state index in [0.29, 0.717) is 6.04 Å². The number of anilines is 1. The van der Waals surface area contributed by atoms with Gasteiger partial charge in [-0.2, -0.15) is 0 Å². The van der Waals surface area contributed by atoms with Gasteiger partial charge in [0.25, 0.3) is 0 Å². The summed E-state index contributed by atoms with van der Waals surface area (Å²) in [6.07, 6.45) is 9.27. The molecule has 4 nitrogen and oxygen atoms in total. The number of rotatable bonds is 4. The zero-order valence-corrected chi connectivity index (χ0v) is 16.1. The summed E-state index contributed by atoms with van der Waals surface area (Å²) in [6.45, 7) is 4.08. The first kappa shape index (κ1) is 18.9. The monoisotopic (exact) mass is 356 g/mol. The lowest BCUT2D eigenvalue weighted by molar-refractivity contribution is -0.129. The summed E-state index contributed by atoms with van der Waals surface area (Å²) in [5.74, 6) is 0.421. The molecule has 2 amide bonds. The normalized spacial score (nSPS) is 24.1. The van der Waals surface area contributed by atoms with Crippen molar-refractivity contribution < 1.29 is 9.59 Å². The number of carbonyl (C=O) groups is 2. The van der Waals surface area contributed by atoms with Crippen LogP contribution in [0.1, 0.15) is 68.9 Å². The summed E-state index contributed by atoms with van der Waals surface area (Å²) in [7, 11) is 0. The smallest absolute Gasteiger partial charge is 0.227 e. The van der Waals surface area contributed by atoms with Gasteiger partial charge in [0.1, 0.15) is 0 Å². The molecule has 0 atom stereocenters. The third-order valence-electron chi connectivity index (χ3n) is 6.06. The minimum atomic E-state index is 0.0226. The van der Waals surface area contributed by atoms with Gasteiger partial charge in [0.05, 0.1) is 0 Å².